The van der Waals surface area contributed by atoms with Crippen LogP contribution in [-0.2, 0) is 7.05 Å². The maximum atomic E-state index is 4.02. The van der Waals surface area contributed by atoms with Crippen LogP contribution in [0.3, 0.4) is 0 Å². The Morgan fingerprint density at radius 2 is 1.69 bits per heavy atom. The number of benzene rings is 1. The molecule has 0 bridgehead atoms. The van der Waals surface area contributed by atoms with Crippen molar-refractivity contribution in [3.8, 4) is 23.7 Å². The van der Waals surface area contributed by atoms with E-state index in [0.29, 0.717) is 0 Å². The lowest BCUT2D eigenvalue weighted by Gasteiger charge is -1.83. The summed E-state index contributed by atoms with van der Waals surface area (Å²) in [7, 11) is 1.86. The minimum Gasteiger partial charge on any atom is -0.275 e. The van der Waals surface area contributed by atoms with Gasteiger partial charge in [-0.05, 0) is 29.9 Å². The van der Waals surface area contributed by atoms with Gasteiger partial charge in [0.25, 0.3) is 0 Å². The second kappa shape index (κ2) is 4.87. The van der Waals surface area contributed by atoms with Crippen molar-refractivity contribution in [1.82, 2.24) is 9.78 Å². The average molecular weight is 206 g/mol. The molecule has 16 heavy (non-hydrogen) atoms. The normalized spacial score (nSPS) is 8.56. The zero-order valence-electron chi connectivity index (χ0n) is 8.94. The van der Waals surface area contributed by atoms with Gasteiger partial charge in [0.05, 0.1) is 11.8 Å². The molecular formula is C14H10N2. The quantitative estimate of drug-likeness (QED) is 0.601. The Bertz CT molecular complexity index is 586. The van der Waals surface area contributed by atoms with Crippen LogP contribution in [0.5, 0.6) is 0 Å². The number of rotatable bonds is 0. The van der Waals surface area contributed by atoms with Gasteiger partial charge in [0.15, 0.2) is 0 Å². The largest absolute Gasteiger partial charge is 0.275 e. The van der Waals surface area contributed by atoms with Crippen LogP contribution in [0.4, 0.5) is 0 Å². The Kier molecular flexibility index (Phi) is 3.07. The van der Waals surface area contributed by atoms with Crippen molar-refractivity contribution in [2.75, 3.05) is 0 Å². The maximum absolute atomic E-state index is 4.02. The van der Waals surface area contributed by atoms with E-state index in [0.717, 1.165) is 11.1 Å². The summed E-state index contributed by atoms with van der Waals surface area (Å²) in [5.41, 5.74) is 1.85. The summed E-state index contributed by atoms with van der Waals surface area (Å²) in [5, 5.41) is 4.02. The van der Waals surface area contributed by atoms with E-state index >= 15 is 0 Å². The maximum Gasteiger partial charge on any atom is 0.0646 e. The Labute approximate surface area is 94.9 Å². The number of hydrogen-bond donors (Lipinski definition) is 0. The average Bonchev–Trinajstić information content (AvgIpc) is 2.72. The fourth-order valence-electron chi connectivity index (χ4n) is 1.21. The zero-order valence-corrected chi connectivity index (χ0v) is 8.94. The van der Waals surface area contributed by atoms with Gasteiger partial charge in [-0.1, -0.05) is 24.1 Å². The van der Waals surface area contributed by atoms with Crippen LogP contribution in [0.1, 0.15) is 11.1 Å². The molecule has 1 aromatic carbocycles. The fraction of sp³-hybridized carbons (Fsp3) is 0.0714. The number of hydrogen-bond acceptors (Lipinski definition) is 1. The zero-order chi connectivity index (χ0) is 11.2. The third-order valence-corrected chi connectivity index (χ3v) is 1.95. The van der Waals surface area contributed by atoms with Crippen molar-refractivity contribution in [1.29, 1.82) is 0 Å². The van der Waals surface area contributed by atoms with E-state index < -0.39 is 0 Å². The van der Waals surface area contributed by atoms with E-state index in [4.69, 9.17) is 0 Å². The molecule has 0 saturated heterocycles. The second-order valence-corrected chi connectivity index (χ2v) is 3.27. The molecule has 1 heterocycles. The summed E-state index contributed by atoms with van der Waals surface area (Å²) in [4.78, 5) is 0. The van der Waals surface area contributed by atoms with E-state index in [2.05, 4.69) is 28.8 Å². The molecule has 0 aliphatic carbocycles. The second-order valence-electron chi connectivity index (χ2n) is 3.27. The highest BCUT2D eigenvalue weighted by molar-refractivity contribution is 5.43. The SMILES string of the molecule is Cn1cc(C#CC#Cc2ccccc2)cn1. The van der Waals surface area contributed by atoms with Gasteiger partial charge < -0.3 is 0 Å². The van der Waals surface area contributed by atoms with E-state index in [1.165, 1.54) is 0 Å². The Hall–Kier alpha value is -2.45. The third kappa shape index (κ3) is 2.77. The molecule has 2 heteroatoms. The predicted octanol–water partition coefficient (Wildman–Crippen LogP) is 1.82. The fourth-order valence-corrected chi connectivity index (χ4v) is 1.21. The molecule has 2 nitrogen and oxygen atoms in total. The summed E-state index contributed by atoms with van der Waals surface area (Å²) < 4.78 is 1.72. The van der Waals surface area contributed by atoms with Crippen molar-refractivity contribution in [3.05, 3.63) is 53.9 Å². The van der Waals surface area contributed by atoms with E-state index in [1.54, 1.807) is 10.9 Å². The lowest BCUT2D eigenvalue weighted by atomic mass is 10.2. The van der Waals surface area contributed by atoms with Crippen LogP contribution in [0.25, 0.3) is 0 Å². The molecule has 0 saturated carbocycles. The Balaban J connectivity index is 2.08. The van der Waals surface area contributed by atoms with Crippen LogP contribution >= 0.6 is 0 Å². The topological polar surface area (TPSA) is 17.8 Å². The smallest absolute Gasteiger partial charge is 0.0646 e. The van der Waals surface area contributed by atoms with Crippen molar-refractivity contribution < 1.29 is 0 Å². The summed E-state index contributed by atoms with van der Waals surface area (Å²) in [6.45, 7) is 0. The van der Waals surface area contributed by atoms with Crippen LogP contribution in [0, 0.1) is 23.7 Å². The van der Waals surface area contributed by atoms with Gasteiger partial charge in [-0.25, -0.2) is 0 Å². The van der Waals surface area contributed by atoms with Crippen molar-refractivity contribution in [2.24, 2.45) is 7.05 Å². The van der Waals surface area contributed by atoms with Gasteiger partial charge in [-0.2, -0.15) is 5.10 Å². The molecule has 0 fully saturated rings. The summed E-state index contributed by atoms with van der Waals surface area (Å²) in [6, 6.07) is 9.79. The van der Waals surface area contributed by atoms with Crippen LogP contribution < -0.4 is 0 Å². The molecule has 0 unspecified atom stereocenters. The molecular weight excluding hydrogens is 196 g/mol. The standard InChI is InChI=1S/C14H10N2/c1-16-12-14(11-15-16)10-6-5-9-13-7-3-2-4-8-13/h2-4,7-8,11-12H,1H3. The first-order chi connectivity index (χ1) is 7.84. The van der Waals surface area contributed by atoms with E-state index in [1.807, 2.05) is 43.6 Å². The molecule has 0 spiro atoms. The molecule has 76 valence electrons. The number of nitrogens with zero attached hydrogens (tertiary/aromatic N) is 2. The first-order valence-corrected chi connectivity index (χ1v) is 4.90. The van der Waals surface area contributed by atoms with Crippen molar-refractivity contribution in [2.45, 2.75) is 0 Å². The minimum absolute atomic E-state index is 0.880. The molecule has 0 aliphatic rings. The summed E-state index contributed by atoms with van der Waals surface area (Å²) >= 11 is 0. The molecule has 2 rings (SSSR count). The molecule has 1 aromatic heterocycles. The molecule has 0 atom stereocenters. The van der Waals surface area contributed by atoms with E-state index in [-0.39, 0.29) is 0 Å². The minimum atomic E-state index is 0.880. The highest BCUT2D eigenvalue weighted by Crippen LogP contribution is 1.94. The monoisotopic (exact) mass is 206 g/mol. The van der Waals surface area contributed by atoms with Crippen molar-refractivity contribution in [3.63, 3.8) is 0 Å². The van der Waals surface area contributed by atoms with Crippen LogP contribution in [0.15, 0.2) is 42.7 Å². The van der Waals surface area contributed by atoms with Crippen molar-refractivity contribution >= 4 is 0 Å². The molecule has 0 radical (unpaired) electrons. The lowest BCUT2D eigenvalue weighted by molar-refractivity contribution is 0.767. The highest BCUT2D eigenvalue weighted by atomic mass is 15.2. The highest BCUT2D eigenvalue weighted by Gasteiger charge is 1.87. The number of aryl methyl sites for hydroxylation is 1. The van der Waals surface area contributed by atoms with Crippen LogP contribution in [-0.4, -0.2) is 9.78 Å². The van der Waals surface area contributed by atoms with Gasteiger partial charge in [-0.15, -0.1) is 0 Å². The summed E-state index contributed by atoms with van der Waals surface area (Å²) in [5.74, 6) is 11.5. The first kappa shape index (κ1) is 10.1. The van der Waals surface area contributed by atoms with E-state index in [9.17, 15) is 0 Å². The van der Waals surface area contributed by atoms with Gasteiger partial charge in [0.2, 0.25) is 0 Å². The molecule has 0 amide bonds. The third-order valence-electron chi connectivity index (χ3n) is 1.95. The predicted molar refractivity (Wildman–Crippen MR) is 63.4 cm³/mol. The van der Waals surface area contributed by atoms with Gasteiger partial charge in [-0.3, -0.25) is 4.68 Å². The molecule has 0 aliphatic heterocycles. The molecule has 0 N–H and O–H groups in total. The first-order valence-electron chi connectivity index (χ1n) is 4.90. The van der Waals surface area contributed by atoms with Crippen LogP contribution in [0.2, 0.25) is 0 Å². The van der Waals surface area contributed by atoms with Gasteiger partial charge in [0, 0.05) is 18.8 Å². The van der Waals surface area contributed by atoms with Gasteiger partial charge in [0.1, 0.15) is 0 Å². The van der Waals surface area contributed by atoms with Gasteiger partial charge >= 0.3 is 0 Å². The summed E-state index contributed by atoms with van der Waals surface area (Å²) in [6.07, 6.45) is 3.58. The Morgan fingerprint density at radius 1 is 1.00 bits per heavy atom. The Morgan fingerprint density at radius 3 is 2.31 bits per heavy atom. The molecule has 2 aromatic rings. The number of aromatic nitrogens is 2. The lowest BCUT2D eigenvalue weighted by Crippen LogP contribution is -1.83.